The molecule has 4 rings (SSSR count). The molecule has 0 aromatic heterocycles. The summed E-state index contributed by atoms with van der Waals surface area (Å²) in [6.07, 6.45) is 3.25. The molecule has 9 heteroatoms. The third-order valence-electron chi connectivity index (χ3n) is 6.45. The van der Waals surface area contributed by atoms with Crippen LogP contribution in [0.5, 0.6) is 23.0 Å². The maximum absolute atomic E-state index is 12.0. The van der Waals surface area contributed by atoms with Crippen LogP contribution < -0.4 is 14.2 Å². The van der Waals surface area contributed by atoms with Crippen LogP contribution in [0, 0.1) is 0 Å². The SMILES string of the molecule is CCCCOc1ccc2c(Oc3ccc(OCCOCCOCCO)cc3)c(-c3ccc(S(C)(=O)=O)cc3)ccc2c1. The van der Waals surface area contributed by atoms with Gasteiger partial charge in [0.05, 0.1) is 44.5 Å². The Bertz CT molecular complexity index is 1520. The van der Waals surface area contributed by atoms with Gasteiger partial charge in [-0.15, -0.1) is 0 Å². The first-order valence-corrected chi connectivity index (χ1v) is 16.0. The lowest BCUT2D eigenvalue weighted by molar-refractivity contribution is 0.0247. The fraction of sp³-hybridized carbons (Fsp3) is 0.333. The van der Waals surface area contributed by atoms with Crippen LogP contribution in [0.15, 0.2) is 83.8 Å². The van der Waals surface area contributed by atoms with Gasteiger partial charge in [0.15, 0.2) is 9.84 Å². The van der Waals surface area contributed by atoms with E-state index in [9.17, 15) is 8.42 Å². The van der Waals surface area contributed by atoms with E-state index in [-0.39, 0.29) is 11.5 Å². The molecule has 1 N–H and O–H groups in total. The van der Waals surface area contributed by atoms with Crippen molar-refractivity contribution in [2.24, 2.45) is 0 Å². The standard InChI is InChI=1S/C33H38O8S/c1-3-4-18-39-29-12-16-32-26(24-29)7-15-31(25-5-13-30(14-6-25)42(2,35)36)33(32)41-28-10-8-27(9-11-28)40-23-22-38-21-20-37-19-17-34/h5-16,24,34H,3-4,17-23H2,1-2H3. The number of hydrogen-bond acceptors (Lipinski definition) is 8. The summed E-state index contributed by atoms with van der Waals surface area (Å²) in [7, 11) is -3.31. The molecular formula is C33H38O8S. The first-order valence-electron chi connectivity index (χ1n) is 14.1. The van der Waals surface area contributed by atoms with Gasteiger partial charge < -0.3 is 28.8 Å². The van der Waals surface area contributed by atoms with Gasteiger partial charge in [-0.1, -0.05) is 31.5 Å². The predicted octanol–water partition coefficient (Wildman–Crippen LogP) is 6.29. The summed E-state index contributed by atoms with van der Waals surface area (Å²) in [6.45, 7) is 4.77. The van der Waals surface area contributed by atoms with Crippen molar-refractivity contribution in [3.63, 3.8) is 0 Å². The maximum atomic E-state index is 12.0. The van der Waals surface area contributed by atoms with Crippen molar-refractivity contribution in [1.82, 2.24) is 0 Å². The highest BCUT2D eigenvalue weighted by Crippen LogP contribution is 2.41. The van der Waals surface area contributed by atoms with Crippen LogP contribution in [0.1, 0.15) is 19.8 Å². The molecule has 4 aromatic carbocycles. The molecule has 0 spiro atoms. The van der Waals surface area contributed by atoms with Crippen molar-refractivity contribution >= 4 is 20.6 Å². The Labute approximate surface area is 247 Å². The highest BCUT2D eigenvalue weighted by Gasteiger charge is 2.15. The molecular weight excluding hydrogens is 556 g/mol. The number of fused-ring (bicyclic) bond motifs is 1. The monoisotopic (exact) mass is 594 g/mol. The van der Waals surface area contributed by atoms with E-state index in [1.54, 1.807) is 24.3 Å². The van der Waals surface area contributed by atoms with E-state index < -0.39 is 9.84 Å². The summed E-state index contributed by atoms with van der Waals surface area (Å²) in [4.78, 5) is 0.263. The molecule has 0 aliphatic carbocycles. The summed E-state index contributed by atoms with van der Waals surface area (Å²) in [5.74, 6) is 2.77. The van der Waals surface area contributed by atoms with E-state index >= 15 is 0 Å². The second-order valence-electron chi connectivity index (χ2n) is 9.69. The molecule has 4 aromatic rings. The van der Waals surface area contributed by atoms with Crippen LogP contribution in [0.3, 0.4) is 0 Å². The molecule has 0 aliphatic heterocycles. The van der Waals surface area contributed by atoms with E-state index in [1.807, 2.05) is 54.6 Å². The first-order chi connectivity index (χ1) is 20.4. The van der Waals surface area contributed by atoms with Crippen LogP contribution in [-0.2, 0) is 19.3 Å². The van der Waals surface area contributed by atoms with Gasteiger partial charge in [0.25, 0.3) is 0 Å². The van der Waals surface area contributed by atoms with Crippen molar-refractivity contribution in [2.45, 2.75) is 24.7 Å². The minimum absolute atomic E-state index is 0.00186. The Morgan fingerprint density at radius 2 is 1.33 bits per heavy atom. The fourth-order valence-electron chi connectivity index (χ4n) is 4.25. The maximum Gasteiger partial charge on any atom is 0.175 e. The van der Waals surface area contributed by atoms with E-state index in [4.69, 9.17) is 28.8 Å². The molecule has 0 saturated carbocycles. The van der Waals surface area contributed by atoms with E-state index in [0.717, 1.165) is 40.5 Å². The molecule has 0 radical (unpaired) electrons. The lowest BCUT2D eigenvalue weighted by Crippen LogP contribution is -2.11. The zero-order chi connectivity index (χ0) is 29.8. The quantitative estimate of drug-likeness (QED) is 0.143. The Hall–Kier alpha value is -3.63. The smallest absolute Gasteiger partial charge is 0.175 e. The number of hydrogen-bond donors (Lipinski definition) is 1. The van der Waals surface area contributed by atoms with Gasteiger partial charge in [-0.2, -0.15) is 0 Å². The topological polar surface area (TPSA) is 101 Å². The van der Waals surface area contributed by atoms with Gasteiger partial charge >= 0.3 is 0 Å². The Kier molecular flexibility index (Phi) is 11.6. The summed E-state index contributed by atoms with van der Waals surface area (Å²) in [6, 6.07) is 24.1. The molecule has 0 bridgehead atoms. The van der Waals surface area contributed by atoms with Crippen molar-refractivity contribution in [1.29, 1.82) is 0 Å². The van der Waals surface area contributed by atoms with Crippen molar-refractivity contribution < 1.29 is 37.2 Å². The fourth-order valence-corrected chi connectivity index (χ4v) is 4.88. The number of unbranched alkanes of at least 4 members (excludes halogenated alkanes) is 1. The molecule has 0 saturated heterocycles. The number of rotatable bonds is 17. The molecule has 0 atom stereocenters. The van der Waals surface area contributed by atoms with Gasteiger partial charge in [0, 0.05) is 17.2 Å². The van der Waals surface area contributed by atoms with Crippen LogP contribution >= 0.6 is 0 Å². The minimum atomic E-state index is -3.31. The lowest BCUT2D eigenvalue weighted by atomic mass is 9.99. The van der Waals surface area contributed by atoms with E-state index in [1.165, 1.54) is 6.26 Å². The molecule has 42 heavy (non-hydrogen) atoms. The third kappa shape index (κ3) is 8.93. The molecule has 0 amide bonds. The predicted molar refractivity (Wildman–Crippen MR) is 164 cm³/mol. The summed E-state index contributed by atoms with van der Waals surface area (Å²) >= 11 is 0. The lowest BCUT2D eigenvalue weighted by Gasteiger charge is -2.16. The molecule has 0 unspecified atom stereocenters. The summed E-state index contributed by atoms with van der Waals surface area (Å²) < 4.78 is 52.8. The zero-order valence-corrected chi connectivity index (χ0v) is 24.9. The summed E-state index contributed by atoms with van der Waals surface area (Å²) in [5.41, 5.74) is 1.67. The van der Waals surface area contributed by atoms with Gasteiger partial charge in [-0.05, 0) is 78.0 Å². The highest BCUT2D eigenvalue weighted by atomic mass is 32.2. The van der Waals surface area contributed by atoms with Gasteiger partial charge in [-0.25, -0.2) is 8.42 Å². The first kappa shape index (κ1) is 31.3. The Morgan fingerprint density at radius 3 is 2.02 bits per heavy atom. The zero-order valence-electron chi connectivity index (χ0n) is 24.1. The van der Waals surface area contributed by atoms with Crippen LogP contribution in [0.25, 0.3) is 21.9 Å². The van der Waals surface area contributed by atoms with Crippen LogP contribution in [0.2, 0.25) is 0 Å². The molecule has 0 aliphatic rings. The average molecular weight is 595 g/mol. The van der Waals surface area contributed by atoms with Gasteiger partial charge in [0.1, 0.15) is 29.6 Å². The van der Waals surface area contributed by atoms with Gasteiger partial charge in [-0.3, -0.25) is 0 Å². The molecule has 224 valence electrons. The van der Waals surface area contributed by atoms with Crippen molar-refractivity contribution in [2.75, 3.05) is 52.5 Å². The minimum Gasteiger partial charge on any atom is -0.494 e. The molecule has 8 nitrogen and oxygen atoms in total. The Morgan fingerprint density at radius 1 is 0.690 bits per heavy atom. The van der Waals surface area contributed by atoms with Crippen molar-refractivity contribution in [3.05, 3.63) is 78.9 Å². The third-order valence-corrected chi connectivity index (χ3v) is 7.58. The average Bonchev–Trinajstić information content (AvgIpc) is 2.99. The normalized spacial score (nSPS) is 11.5. The highest BCUT2D eigenvalue weighted by molar-refractivity contribution is 7.90. The molecule has 0 fully saturated rings. The van der Waals surface area contributed by atoms with Crippen LogP contribution in [-0.4, -0.2) is 66.0 Å². The number of ether oxygens (including phenoxy) is 5. The van der Waals surface area contributed by atoms with E-state index in [2.05, 4.69) is 6.92 Å². The summed E-state index contributed by atoms with van der Waals surface area (Å²) in [5, 5.41) is 10.6. The van der Waals surface area contributed by atoms with Crippen molar-refractivity contribution in [3.8, 4) is 34.1 Å². The molecule has 0 heterocycles. The number of sulfone groups is 1. The number of benzene rings is 4. The number of aliphatic hydroxyl groups is 1. The van der Waals surface area contributed by atoms with E-state index in [0.29, 0.717) is 56.9 Å². The Balaban J connectivity index is 1.53. The van der Waals surface area contributed by atoms with Crippen LogP contribution in [0.4, 0.5) is 0 Å². The van der Waals surface area contributed by atoms with Gasteiger partial charge in [0.2, 0.25) is 0 Å². The second kappa shape index (κ2) is 15.6. The number of aliphatic hydroxyl groups excluding tert-OH is 1. The largest absolute Gasteiger partial charge is 0.494 e. The second-order valence-corrected chi connectivity index (χ2v) is 11.7.